The van der Waals surface area contributed by atoms with E-state index in [4.69, 9.17) is 14.2 Å². The molecule has 2 aromatic rings. The van der Waals surface area contributed by atoms with Crippen molar-refractivity contribution in [3.63, 3.8) is 0 Å². The van der Waals surface area contributed by atoms with Crippen molar-refractivity contribution in [2.24, 2.45) is 5.92 Å². The fourth-order valence-corrected chi connectivity index (χ4v) is 2.83. The summed E-state index contributed by atoms with van der Waals surface area (Å²) in [6.07, 6.45) is 2.36. The quantitative estimate of drug-likeness (QED) is 0.715. The molecule has 5 nitrogen and oxygen atoms in total. The number of carbonyl (C=O) groups excluding carboxylic acids is 1. The molecule has 1 fully saturated rings. The Morgan fingerprint density at radius 2 is 1.81 bits per heavy atom. The van der Waals surface area contributed by atoms with Gasteiger partial charge in [0.2, 0.25) is 0 Å². The molecule has 2 atom stereocenters. The average Bonchev–Trinajstić information content (AvgIpc) is 3.19. The Balaban J connectivity index is 1.49. The van der Waals surface area contributed by atoms with Gasteiger partial charge >= 0.3 is 0 Å². The Labute approximate surface area is 153 Å². The predicted octanol–water partition coefficient (Wildman–Crippen LogP) is 4.14. The van der Waals surface area contributed by atoms with Gasteiger partial charge in [0.05, 0.1) is 12.2 Å². The Morgan fingerprint density at radius 1 is 1.12 bits per heavy atom. The van der Waals surface area contributed by atoms with E-state index in [-0.39, 0.29) is 18.5 Å². The van der Waals surface area contributed by atoms with Gasteiger partial charge in [-0.15, -0.1) is 0 Å². The molecular weight excluding hydrogens is 330 g/mol. The van der Waals surface area contributed by atoms with Gasteiger partial charge < -0.3 is 14.2 Å². The molecule has 134 valence electrons. The van der Waals surface area contributed by atoms with Crippen molar-refractivity contribution in [3.8, 4) is 23.3 Å². The number of rotatable bonds is 8. The summed E-state index contributed by atoms with van der Waals surface area (Å²) in [4.78, 5) is 12.2. The smallest absolute Gasteiger partial charge is 0.187 e. The summed E-state index contributed by atoms with van der Waals surface area (Å²) in [5, 5.41) is 9.23. The fraction of sp³-hybridized carbons (Fsp3) is 0.333. The van der Waals surface area contributed by atoms with Crippen LogP contribution in [0.5, 0.6) is 17.2 Å². The van der Waals surface area contributed by atoms with Crippen LogP contribution >= 0.6 is 0 Å². The molecule has 2 unspecified atom stereocenters. The highest BCUT2D eigenvalue weighted by Gasteiger charge is 2.25. The van der Waals surface area contributed by atoms with Crippen LogP contribution in [0.4, 0.5) is 0 Å². The maximum absolute atomic E-state index is 12.2. The Hall–Kier alpha value is -2.84. The van der Waals surface area contributed by atoms with E-state index in [0.717, 1.165) is 18.6 Å². The van der Waals surface area contributed by atoms with E-state index in [1.165, 1.54) is 0 Å². The van der Waals surface area contributed by atoms with E-state index < -0.39 is 5.92 Å². The van der Waals surface area contributed by atoms with Crippen LogP contribution in [0.25, 0.3) is 0 Å². The van der Waals surface area contributed by atoms with Crippen molar-refractivity contribution < 1.29 is 19.0 Å². The molecule has 3 rings (SSSR count). The van der Waals surface area contributed by atoms with Crippen molar-refractivity contribution in [2.75, 3.05) is 13.2 Å². The molecule has 0 amide bonds. The van der Waals surface area contributed by atoms with Crippen LogP contribution in [-0.2, 0) is 9.53 Å². The largest absolute Gasteiger partial charge is 0.486 e. The van der Waals surface area contributed by atoms with Gasteiger partial charge in [-0.2, -0.15) is 5.26 Å². The number of Topliss-reactive ketones (excluding diaryl/α,β-unsaturated/α-hetero) is 1. The van der Waals surface area contributed by atoms with E-state index in [1.807, 2.05) is 30.3 Å². The number of para-hydroxylation sites is 1. The van der Waals surface area contributed by atoms with Crippen LogP contribution in [0.15, 0.2) is 54.6 Å². The van der Waals surface area contributed by atoms with Crippen LogP contribution in [0, 0.1) is 17.2 Å². The van der Waals surface area contributed by atoms with Crippen molar-refractivity contribution in [2.45, 2.75) is 25.4 Å². The van der Waals surface area contributed by atoms with Crippen LogP contribution in [0.1, 0.15) is 19.3 Å². The minimum Gasteiger partial charge on any atom is -0.486 e. The molecule has 0 N–H and O–H groups in total. The van der Waals surface area contributed by atoms with E-state index in [1.54, 1.807) is 24.3 Å². The zero-order chi connectivity index (χ0) is 18.2. The van der Waals surface area contributed by atoms with Gasteiger partial charge in [0.1, 0.15) is 29.8 Å². The zero-order valence-corrected chi connectivity index (χ0v) is 14.5. The average molecular weight is 351 g/mol. The number of nitrogens with zero attached hydrogens (tertiary/aromatic N) is 1. The normalized spacial score (nSPS) is 17.3. The van der Waals surface area contributed by atoms with Crippen LogP contribution in [0.2, 0.25) is 0 Å². The molecule has 2 aromatic carbocycles. The Kier molecular flexibility index (Phi) is 6.24. The van der Waals surface area contributed by atoms with E-state index >= 15 is 0 Å². The molecule has 0 bridgehead atoms. The van der Waals surface area contributed by atoms with Gasteiger partial charge in [-0.1, -0.05) is 18.2 Å². The van der Waals surface area contributed by atoms with Gasteiger partial charge in [-0.05, 0) is 55.7 Å². The lowest BCUT2D eigenvalue weighted by Gasteiger charge is -2.14. The predicted molar refractivity (Wildman–Crippen MR) is 96.2 cm³/mol. The summed E-state index contributed by atoms with van der Waals surface area (Å²) < 4.78 is 16.7. The second-order valence-electron chi connectivity index (χ2n) is 6.19. The van der Waals surface area contributed by atoms with Gasteiger partial charge in [0.15, 0.2) is 5.78 Å². The molecular formula is C21H21NO4. The molecule has 0 saturated carbocycles. The summed E-state index contributed by atoms with van der Waals surface area (Å²) in [7, 11) is 0. The van der Waals surface area contributed by atoms with Gasteiger partial charge in [-0.3, -0.25) is 4.79 Å². The first-order valence-corrected chi connectivity index (χ1v) is 8.74. The first-order chi connectivity index (χ1) is 12.7. The van der Waals surface area contributed by atoms with E-state index in [2.05, 4.69) is 6.07 Å². The third-order valence-electron chi connectivity index (χ3n) is 4.25. The van der Waals surface area contributed by atoms with Crippen LogP contribution in [-0.4, -0.2) is 25.1 Å². The first-order valence-electron chi connectivity index (χ1n) is 8.74. The molecule has 0 aliphatic carbocycles. The Morgan fingerprint density at radius 3 is 2.46 bits per heavy atom. The maximum Gasteiger partial charge on any atom is 0.187 e. The topological polar surface area (TPSA) is 68.5 Å². The monoisotopic (exact) mass is 351 g/mol. The molecule has 0 radical (unpaired) electrons. The van der Waals surface area contributed by atoms with Crippen LogP contribution in [0.3, 0.4) is 0 Å². The lowest BCUT2D eigenvalue weighted by Crippen LogP contribution is -2.24. The molecule has 1 heterocycles. The van der Waals surface area contributed by atoms with Crippen molar-refractivity contribution in [1.82, 2.24) is 0 Å². The summed E-state index contributed by atoms with van der Waals surface area (Å²) in [6, 6.07) is 18.6. The number of hydrogen-bond donors (Lipinski definition) is 0. The Bertz CT molecular complexity index is 746. The summed E-state index contributed by atoms with van der Waals surface area (Å²) in [5.41, 5.74) is 0. The molecule has 0 spiro atoms. The number of hydrogen-bond acceptors (Lipinski definition) is 5. The SMILES string of the molecule is N#CC(CC1CCCO1)C(=O)COc1ccc(Oc2ccccc2)cc1. The molecule has 1 aliphatic heterocycles. The second-order valence-corrected chi connectivity index (χ2v) is 6.19. The highest BCUT2D eigenvalue weighted by Crippen LogP contribution is 2.24. The lowest BCUT2D eigenvalue weighted by atomic mass is 9.97. The van der Waals surface area contributed by atoms with E-state index in [0.29, 0.717) is 24.5 Å². The molecule has 5 heteroatoms. The second kappa shape index (κ2) is 9.02. The molecule has 26 heavy (non-hydrogen) atoms. The summed E-state index contributed by atoms with van der Waals surface area (Å²) in [6.45, 7) is 0.592. The molecule has 0 aromatic heterocycles. The highest BCUT2D eigenvalue weighted by molar-refractivity contribution is 5.84. The highest BCUT2D eigenvalue weighted by atomic mass is 16.5. The van der Waals surface area contributed by atoms with Crippen LogP contribution < -0.4 is 9.47 Å². The molecule has 1 aliphatic rings. The maximum atomic E-state index is 12.2. The zero-order valence-electron chi connectivity index (χ0n) is 14.5. The number of benzene rings is 2. The van der Waals surface area contributed by atoms with E-state index in [9.17, 15) is 10.1 Å². The number of ketones is 1. The minimum atomic E-state index is -0.682. The number of nitriles is 1. The summed E-state index contributed by atoms with van der Waals surface area (Å²) >= 11 is 0. The first kappa shape index (κ1) is 18.0. The van der Waals surface area contributed by atoms with Gasteiger partial charge in [0.25, 0.3) is 0 Å². The van der Waals surface area contributed by atoms with Crippen molar-refractivity contribution in [1.29, 1.82) is 5.26 Å². The third-order valence-corrected chi connectivity index (χ3v) is 4.25. The standard InChI is InChI=1S/C21H21NO4/c22-14-16(13-20-7-4-12-24-20)21(23)15-25-17-8-10-19(11-9-17)26-18-5-2-1-3-6-18/h1-3,5-6,8-11,16,20H,4,7,12-13,15H2. The van der Waals surface area contributed by atoms with Crippen molar-refractivity contribution in [3.05, 3.63) is 54.6 Å². The van der Waals surface area contributed by atoms with Gasteiger partial charge in [-0.25, -0.2) is 0 Å². The molecule has 1 saturated heterocycles. The fourth-order valence-electron chi connectivity index (χ4n) is 2.83. The number of ether oxygens (including phenoxy) is 3. The number of carbonyl (C=O) groups is 1. The third kappa shape index (κ3) is 5.08. The summed E-state index contributed by atoms with van der Waals surface area (Å²) in [5.74, 6) is 1.10. The minimum absolute atomic E-state index is 0.0121. The van der Waals surface area contributed by atoms with Gasteiger partial charge in [0, 0.05) is 6.61 Å². The van der Waals surface area contributed by atoms with Crippen molar-refractivity contribution >= 4 is 5.78 Å². The lowest BCUT2D eigenvalue weighted by molar-refractivity contribution is -0.124.